The van der Waals surface area contributed by atoms with E-state index in [2.05, 4.69) is 35.8 Å². The summed E-state index contributed by atoms with van der Waals surface area (Å²) in [5.74, 6) is 0.0675. The third kappa shape index (κ3) is 4.81. The summed E-state index contributed by atoms with van der Waals surface area (Å²) in [6.45, 7) is 8.39. The molecule has 0 saturated heterocycles. The average molecular weight is 278 g/mol. The van der Waals surface area contributed by atoms with E-state index >= 15 is 0 Å². The molecular formula is C15H26N4O. The first-order chi connectivity index (χ1) is 9.60. The fraction of sp³-hybridized carbons (Fsp3) is 0.600. The highest BCUT2D eigenvalue weighted by atomic mass is 16.4. The van der Waals surface area contributed by atoms with Crippen LogP contribution in [0.5, 0.6) is 0 Å². The van der Waals surface area contributed by atoms with Gasteiger partial charge >= 0.3 is 0 Å². The Labute approximate surface area is 121 Å². The number of nitrogens with zero attached hydrogens (tertiary/aromatic N) is 3. The van der Waals surface area contributed by atoms with Gasteiger partial charge in [-0.2, -0.15) is 0 Å². The molecule has 0 spiro atoms. The summed E-state index contributed by atoms with van der Waals surface area (Å²) in [7, 11) is 0. The van der Waals surface area contributed by atoms with Crippen LogP contribution in [0.2, 0.25) is 0 Å². The smallest absolute Gasteiger partial charge is 0.189 e. The normalized spacial score (nSPS) is 12.3. The molecular weight excluding hydrogens is 252 g/mol. The van der Waals surface area contributed by atoms with Crippen LogP contribution >= 0.6 is 0 Å². The van der Waals surface area contributed by atoms with Crippen LogP contribution in [-0.2, 0) is 6.54 Å². The predicted octanol–water partition coefficient (Wildman–Crippen LogP) is 2.58. The second kappa shape index (κ2) is 8.53. The molecule has 0 fully saturated rings. The molecule has 0 unspecified atom stereocenters. The Hall–Kier alpha value is -1.62. The molecule has 0 aromatic carbocycles. The predicted molar refractivity (Wildman–Crippen MR) is 81.8 cm³/mol. The Balaban J connectivity index is 2.83. The van der Waals surface area contributed by atoms with Crippen LogP contribution in [0.25, 0.3) is 0 Å². The van der Waals surface area contributed by atoms with Gasteiger partial charge in [-0.15, -0.1) is 0 Å². The molecule has 0 bridgehead atoms. The highest BCUT2D eigenvalue weighted by Gasteiger charge is 2.14. The molecule has 1 heterocycles. The molecule has 0 atom stereocenters. The molecule has 112 valence electrons. The monoisotopic (exact) mass is 278 g/mol. The van der Waals surface area contributed by atoms with Gasteiger partial charge in [0.05, 0.1) is 0 Å². The van der Waals surface area contributed by atoms with E-state index < -0.39 is 0 Å². The van der Waals surface area contributed by atoms with Crippen molar-refractivity contribution in [2.75, 3.05) is 6.54 Å². The molecule has 1 rings (SSSR count). The van der Waals surface area contributed by atoms with Crippen molar-refractivity contribution in [2.45, 2.75) is 52.6 Å². The van der Waals surface area contributed by atoms with Gasteiger partial charge in [-0.1, -0.05) is 31.0 Å². The van der Waals surface area contributed by atoms with E-state index in [4.69, 9.17) is 10.9 Å². The summed E-state index contributed by atoms with van der Waals surface area (Å²) in [6.07, 6.45) is 5.30. The Bertz CT molecular complexity index is 432. The maximum atomic E-state index is 8.84. The minimum atomic E-state index is 0.0675. The number of oxime groups is 1. The van der Waals surface area contributed by atoms with Crippen LogP contribution in [0, 0.1) is 0 Å². The largest absolute Gasteiger partial charge is 0.409 e. The van der Waals surface area contributed by atoms with Crippen molar-refractivity contribution in [3.8, 4) is 0 Å². The lowest BCUT2D eigenvalue weighted by molar-refractivity contribution is 0.208. The molecule has 0 aliphatic rings. The van der Waals surface area contributed by atoms with Crippen molar-refractivity contribution in [2.24, 2.45) is 10.9 Å². The van der Waals surface area contributed by atoms with Crippen molar-refractivity contribution >= 4 is 5.84 Å². The molecule has 0 aliphatic carbocycles. The van der Waals surface area contributed by atoms with E-state index in [0.29, 0.717) is 11.7 Å². The second-order valence-corrected chi connectivity index (χ2v) is 5.27. The molecule has 1 aromatic heterocycles. The van der Waals surface area contributed by atoms with Crippen LogP contribution in [-0.4, -0.2) is 33.5 Å². The first kappa shape index (κ1) is 16.4. The highest BCUT2D eigenvalue weighted by Crippen LogP contribution is 2.13. The lowest BCUT2D eigenvalue weighted by Crippen LogP contribution is -2.32. The standard InChI is InChI=1S/C15H26N4O/c1-4-5-6-10-19(12(2)3)11-13-8-7-9-17-14(13)15(16)18-20/h7-9,12,20H,4-6,10-11H2,1-3H3,(H2,16,18). The van der Waals surface area contributed by atoms with Crippen LogP contribution in [0.1, 0.15) is 51.3 Å². The quantitative estimate of drug-likeness (QED) is 0.252. The van der Waals surface area contributed by atoms with Crippen molar-refractivity contribution in [1.29, 1.82) is 0 Å². The topological polar surface area (TPSA) is 74.7 Å². The number of nitrogens with two attached hydrogens (primary N) is 1. The van der Waals surface area contributed by atoms with Gasteiger partial charge in [-0.25, -0.2) is 0 Å². The van der Waals surface area contributed by atoms with E-state index in [9.17, 15) is 0 Å². The van der Waals surface area contributed by atoms with Crippen LogP contribution < -0.4 is 5.73 Å². The second-order valence-electron chi connectivity index (χ2n) is 5.27. The van der Waals surface area contributed by atoms with Crippen LogP contribution in [0.3, 0.4) is 0 Å². The number of pyridine rings is 1. The zero-order valence-corrected chi connectivity index (χ0v) is 12.7. The van der Waals surface area contributed by atoms with E-state index in [-0.39, 0.29) is 5.84 Å². The van der Waals surface area contributed by atoms with E-state index in [1.165, 1.54) is 19.3 Å². The van der Waals surface area contributed by atoms with Gasteiger partial charge < -0.3 is 10.9 Å². The van der Waals surface area contributed by atoms with Crippen molar-refractivity contribution in [1.82, 2.24) is 9.88 Å². The summed E-state index contributed by atoms with van der Waals surface area (Å²) >= 11 is 0. The summed E-state index contributed by atoms with van der Waals surface area (Å²) in [6, 6.07) is 4.32. The van der Waals surface area contributed by atoms with Crippen molar-refractivity contribution in [3.05, 3.63) is 29.6 Å². The molecule has 20 heavy (non-hydrogen) atoms. The fourth-order valence-corrected chi connectivity index (χ4v) is 2.15. The Morgan fingerprint density at radius 2 is 2.20 bits per heavy atom. The first-order valence-corrected chi connectivity index (χ1v) is 7.26. The minimum absolute atomic E-state index is 0.0675. The fourth-order valence-electron chi connectivity index (χ4n) is 2.15. The van der Waals surface area contributed by atoms with E-state index in [1.54, 1.807) is 6.20 Å². The third-order valence-corrected chi connectivity index (χ3v) is 3.39. The average Bonchev–Trinajstić information content (AvgIpc) is 2.46. The Morgan fingerprint density at radius 1 is 1.45 bits per heavy atom. The Kier molecular flexibility index (Phi) is 7.01. The number of aromatic nitrogens is 1. The first-order valence-electron chi connectivity index (χ1n) is 7.26. The van der Waals surface area contributed by atoms with Crippen molar-refractivity contribution in [3.63, 3.8) is 0 Å². The maximum absolute atomic E-state index is 8.84. The summed E-state index contributed by atoms with van der Waals surface area (Å²) in [5.41, 5.74) is 7.25. The third-order valence-electron chi connectivity index (χ3n) is 3.39. The van der Waals surface area contributed by atoms with Gasteiger partial charge in [0.15, 0.2) is 5.84 Å². The maximum Gasteiger partial charge on any atom is 0.189 e. The molecule has 0 aliphatic heterocycles. The number of rotatable bonds is 8. The number of unbranched alkanes of at least 4 members (excludes halogenated alkanes) is 2. The molecule has 3 N–H and O–H groups in total. The highest BCUT2D eigenvalue weighted by molar-refractivity contribution is 5.96. The van der Waals surface area contributed by atoms with Crippen LogP contribution in [0.15, 0.2) is 23.5 Å². The van der Waals surface area contributed by atoms with Gasteiger partial charge in [0, 0.05) is 18.8 Å². The van der Waals surface area contributed by atoms with Gasteiger partial charge in [-0.3, -0.25) is 9.88 Å². The van der Waals surface area contributed by atoms with Crippen molar-refractivity contribution < 1.29 is 5.21 Å². The lowest BCUT2D eigenvalue weighted by atomic mass is 10.1. The van der Waals surface area contributed by atoms with Gasteiger partial charge in [0.1, 0.15) is 5.69 Å². The van der Waals surface area contributed by atoms with Gasteiger partial charge in [0.2, 0.25) is 0 Å². The van der Waals surface area contributed by atoms with Gasteiger partial charge in [-0.05, 0) is 38.4 Å². The molecule has 0 amide bonds. The minimum Gasteiger partial charge on any atom is -0.409 e. The summed E-state index contributed by atoms with van der Waals surface area (Å²) < 4.78 is 0. The molecule has 5 nitrogen and oxygen atoms in total. The number of hydrogen-bond donors (Lipinski definition) is 2. The molecule has 5 heteroatoms. The Morgan fingerprint density at radius 3 is 2.80 bits per heavy atom. The number of amidine groups is 1. The zero-order chi connectivity index (χ0) is 15.0. The summed E-state index contributed by atoms with van der Waals surface area (Å²) in [4.78, 5) is 6.61. The molecule has 1 aromatic rings. The van der Waals surface area contributed by atoms with Crippen LogP contribution in [0.4, 0.5) is 0 Å². The lowest BCUT2D eigenvalue weighted by Gasteiger charge is -2.27. The molecule has 0 saturated carbocycles. The van der Waals surface area contributed by atoms with Gasteiger partial charge in [0.25, 0.3) is 0 Å². The number of hydrogen-bond acceptors (Lipinski definition) is 4. The SMILES string of the molecule is CCCCCN(Cc1cccnc1C(N)=NO)C(C)C. The molecule has 0 radical (unpaired) electrons. The van der Waals surface area contributed by atoms with E-state index in [0.717, 1.165) is 18.7 Å². The zero-order valence-electron chi connectivity index (χ0n) is 12.7. The summed E-state index contributed by atoms with van der Waals surface area (Å²) in [5, 5.41) is 11.9. The van der Waals surface area contributed by atoms with E-state index in [1.807, 2.05) is 12.1 Å².